The number of nitrogens with zero attached hydrogens (tertiary/aromatic N) is 1. The van der Waals surface area contributed by atoms with E-state index in [0.29, 0.717) is 32.5 Å². The van der Waals surface area contributed by atoms with Crippen molar-refractivity contribution in [2.75, 3.05) is 19.7 Å². The highest BCUT2D eigenvalue weighted by Gasteiger charge is 2.28. The summed E-state index contributed by atoms with van der Waals surface area (Å²) in [5.74, 6) is 0.158. The van der Waals surface area contributed by atoms with Crippen molar-refractivity contribution < 1.29 is 19.1 Å². The third-order valence-corrected chi connectivity index (χ3v) is 2.64. The molecule has 18 heavy (non-hydrogen) atoms. The van der Waals surface area contributed by atoms with Gasteiger partial charge in [0, 0.05) is 19.4 Å². The molecule has 1 atom stereocenters. The van der Waals surface area contributed by atoms with Crippen molar-refractivity contribution in [3.63, 3.8) is 0 Å². The van der Waals surface area contributed by atoms with Crippen LogP contribution >= 0.6 is 0 Å². The number of hydrogen-bond acceptors (Lipinski definition) is 4. The lowest BCUT2D eigenvalue weighted by Gasteiger charge is -2.34. The number of carbonyl (C=O) groups is 2. The van der Waals surface area contributed by atoms with Crippen LogP contribution in [0.4, 0.5) is 4.79 Å². The van der Waals surface area contributed by atoms with E-state index in [1.54, 1.807) is 4.90 Å². The van der Waals surface area contributed by atoms with Crippen LogP contribution in [0, 0.1) is 0 Å². The average Bonchev–Trinajstić information content (AvgIpc) is 2.27. The van der Waals surface area contributed by atoms with Crippen LogP contribution in [0.25, 0.3) is 0 Å². The Morgan fingerprint density at radius 1 is 1.39 bits per heavy atom. The van der Waals surface area contributed by atoms with Gasteiger partial charge in [0.25, 0.3) is 0 Å². The third kappa shape index (κ3) is 5.04. The molecule has 5 heteroatoms. The average molecular weight is 257 g/mol. The second-order valence-corrected chi connectivity index (χ2v) is 5.52. The zero-order valence-electron chi connectivity index (χ0n) is 11.7. The highest BCUT2D eigenvalue weighted by atomic mass is 16.6. The van der Waals surface area contributed by atoms with Crippen molar-refractivity contribution in [2.45, 2.75) is 52.2 Å². The molecule has 0 saturated carbocycles. The summed E-state index contributed by atoms with van der Waals surface area (Å²) < 4.78 is 10.8. The molecular formula is C13H23NO4. The van der Waals surface area contributed by atoms with Crippen molar-refractivity contribution in [2.24, 2.45) is 0 Å². The fourth-order valence-electron chi connectivity index (χ4n) is 1.73. The first-order chi connectivity index (χ1) is 8.31. The molecule has 1 unspecified atom stereocenters. The van der Waals surface area contributed by atoms with E-state index in [0.717, 1.165) is 0 Å². The van der Waals surface area contributed by atoms with E-state index in [4.69, 9.17) is 9.47 Å². The van der Waals surface area contributed by atoms with Gasteiger partial charge in [0.15, 0.2) is 0 Å². The molecule has 0 N–H and O–H groups in total. The van der Waals surface area contributed by atoms with Crippen LogP contribution in [0.5, 0.6) is 0 Å². The van der Waals surface area contributed by atoms with Gasteiger partial charge in [-0.1, -0.05) is 6.92 Å². The first-order valence-corrected chi connectivity index (χ1v) is 6.43. The predicted octanol–water partition coefficient (Wildman–Crippen LogP) is 1.99. The Hall–Kier alpha value is -1.10. The zero-order chi connectivity index (χ0) is 13.8. The standard InChI is InChI=1S/C13H23NO4/c1-5-10(15)8-11-9-14(6-7-17-11)12(16)18-13(2,3)4/h11H,5-9H2,1-4H3. The normalized spacial score (nSPS) is 20.7. The third-order valence-electron chi connectivity index (χ3n) is 2.64. The van der Waals surface area contributed by atoms with Gasteiger partial charge in [-0.15, -0.1) is 0 Å². The van der Waals surface area contributed by atoms with E-state index < -0.39 is 5.60 Å². The molecule has 0 aromatic heterocycles. The lowest BCUT2D eigenvalue weighted by molar-refractivity contribution is -0.123. The summed E-state index contributed by atoms with van der Waals surface area (Å²) >= 11 is 0. The van der Waals surface area contributed by atoms with Crippen LogP contribution in [0.2, 0.25) is 0 Å². The van der Waals surface area contributed by atoms with Crippen molar-refractivity contribution in [1.82, 2.24) is 4.90 Å². The van der Waals surface area contributed by atoms with Gasteiger partial charge in [0.05, 0.1) is 19.3 Å². The summed E-state index contributed by atoms with van der Waals surface area (Å²) in [5.41, 5.74) is -0.496. The number of carbonyl (C=O) groups excluding carboxylic acids is 2. The Balaban J connectivity index is 2.48. The number of Topliss-reactive ketones (excluding diaryl/α,β-unsaturated/α-hetero) is 1. The lowest BCUT2D eigenvalue weighted by atomic mass is 10.1. The van der Waals surface area contributed by atoms with E-state index in [1.165, 1.54) is 0 Å². The molecular weight excluding hydrogens is 234 g/mol. The molecule has 1 saturated heterocycles. The van der Waals surface area contributed by atoms with Crippen LogP contribution < -0.4 is 0 Å². The minimum absolute atomic E-state index is 0.158. The number of hydrogen-bond donors (Lipinski definition) is 0. The molecule has 1 fully saturated rings. The van der Waals surface area contributed by atoms with Crippen LogP contribution in [0.3, 0.4) is 0 Å². The summed E-state index contributed by atoms with van der Waals surface area (Å²) in [6.45, 7) is 8.75. The molecule has 5 nitrogen and oxygen atoms in total. The van der Waals surface area contributed by atoms with Crippen molar-refractivity contribution in [3.05, 3.63) is 0 Å². The van der Waals surface area contributed by atoms with Crippen LogP contribution in [-0.2, 0) is 14.3 Å². The van der Waals surface area contributed by atoms with Crippen molar-refractivity contribution in [1.29, 1.82) is 0 Å². The second-order valence-electron chi connectivity index (χ2n) is 5.52. The van der Waals surface area contributed by atoms with Gasteiger partial charge in [0.2, 0.25) is 0 Å². The Morgan fingerprint density at radius 3 is 2.61 bits per heavy atom. The van der Waals surface area contributed by atoms with E-state index in [-0.39, 0.29) is 18.0 Å². The van der Waals surface area contributed by atoms with E-state index >= 15 is 0 Å². The smallest absolute Gasteiger partial charge is 0.410 e. The molecule has 0 aliphatic carbocycles. The Morgan fingerprint density at radius 2 is 2.06 bits per heavy atom. The summed E-state index contributed by atoms with van der Waals surface area (Å²) in [6, 6.07) is 0. The molecule has 0 aromatic rings. The van der Waals surface area contributed by atoms with Gasteiger partial charge in [-0.3, -0.25) is 4.79 Å². The molecule has 1 aliphatic heterocycles. The maximum Gasteiger partial charge on any atom is 0.410 e. The molecule has 0 aromatic carbocycles. The van der Waals surface area contributed by atoms with Crippen LogP contribution in [0.15, 0.2) is 0 Å². The van der Waals surface area contributed by atoms with Gasteiger partial charge in [-0.2, -0.15) is 0 Å². The number of morpholine rings is 1. The maximum atomic E-state index is 11.9. The van der Waals surface area contributed by atoms with E-state index in [2.05, 4.69) is 0 Å². The summed E-state index contributed by atoms with van der Waals surface area (Å²) in [5, 5.41) is 0. The fourth-order valence-corrected chi connectivity index (χ4v) is 1.73. The molecule has 104 valence electrons. The Labute approximate surface area is 108 Å². The van der Waals surface area contributed by atoms with Gasteiger partial charge >= 0.3 is 6.09 Å². The number of ketones is 1. The zero-order valence-corrected chi connectivity index (χ0v) is 11.7. The quantitative estimate of drug-likeness (QED) is 0.776. The molecule has 1 rings (SSSR count). The predicted molar refractivity (Wildman–Crippen MR) is 67.5 cm³/mol. The van der Waals surface area contributed by atoms with Gasteiger partial charge in [-0.05, 0) is 20.8 Å². The van der Waals surface area contributed by atoms with Crippen molar-refractivity contribution >= 4 is 11.9 Å². The van der Waals surface area contributed by atoms with E-state index in [1.807, 2.05) is 27.7 Å². The molecule has 1 heterocycles. The first kappa shape index (κ1) is 15.0. The van der Waals surface area contributed by atoms with Gasteiger partial charge in [-0.25, -0.2) is 4.79 Å². The van der Waals surface area contributed by atoms with Crippen LogP contribution in [-0.4, -0.2) is 48.2 Å². The second kappa shape index (κ2) is 6.18. The topological polar surface area (TPSA) is 55.8 Å². The highest BCUT2D eigenvalue weighted by Crippen LogP contribution is 2.14. The fraction of sp³-hybridized carbons (Fsp3) is 0.846. The summed E-state index contributed by atoms with van der Waals surface area (Å²) in [4.78, 5) is 24.9. The number of ether oxygens (including phenoxy) is 2. The Kier molecular flexibility index (Phi) is 5.14. The maximum absolute atomic E-state index is 11.9. The summed E-state index contributed by atoms with van der Waals surface area (Å²) in [7, 11) is 0. The first-order valence-electron chi connectivity index (χ1n) is 6.43. The molecule has 0 bridgehead atoms. The largest absolute Gasteiger partial charge is 0.444 e. The Bertz CT molecular complexity index is 309. The number of rotatable bonds is 3. The molecule has 0 radical (unpaired) electrons. The van der Waals surface area contributed by atoms with E-state index in [9.17, 15) is 9.59 Å². The highest BCUT2D eigenvalue weighted by molar-refractivity contribution is 5.78. The van der Waals surface area contributed by atoms with Crippen molar-refractivity contribution in [3.8, 4) is 0 Å². The lowest BCUT2D eigenvalue weighted by Crippen LogP contribution is -2.47. The number of amides is 1. The minimum Gasteiger partial charge on any atom is -0.444 e. The van der Waals surface area contributed by atoms with Crippen LogP contribution in [0.1, 0.15) is 40.5 Å². The van der Waals surface area contributed by atoms with Gasteiger partial charge in [0.1, 0.15) is 11.4 Å². The minimum atomic E-state index is -0.496. The SMILES string of the molecule is CCC(=O)CC1CN(C(=O)OC(C)(C)C)CCO1. The molecule has 1 amide bonds. The molecule has 1 aliphatic rings. The molecule has 0 spiro atoms. The monoisotopic (exact) mass is 257 g/mol. The van der Waals surface area contributed by atoms with Gasteiger partial charge < -0.3 is 14.4 Å². The summed E-state index contributed by atoms with van der Waals surface area (Å²) in [6.07, 6.45) is 0.348.